The molecule has 2 unspecified atom stereocenters. The van der Waals surface area contributed by atoms with Crippen LogP contribution in [0.15, 0.2) is 18.5 Å². The van der Waals surface area contributed by atoms with Gasteiger partial charge < -0.3 is 10.2 Å². The molecule has 1 aromatic rings. The van der Waals surface area contributed by atoms with Crippen molar-refractivity contribution in [1.29, 1.82) is 5.26 Å². The van der Waals surface area contributed by atoms with Crippen molar-refractivity contribution in [3.8, 4) is 6.07 Å². The molecule has 2 bridgehead atoms. The zero-order chi connectivity index (χ0) is 11.0. The second-order valence-corrected chi connectivity index (χ2v) is 4.46. The van der Waals surface area contributed by atoms with Crippen LogP contribution >= 0.6 is 0 Å². The quantitative estimate of drug-likeness (QED) is 0.754. The fourth-order valence-electron chi connectivity index (χ4n) is 2.87. The van der Waals surface area contributed by atoms with Gasteiger partial charge in [0, 0.05) is 37.6 Å². The molecular weight excluding hydrogens is 200 g/mol. The highest BCUT2D eigenvalue weighted by atomic mass is 15.3. The van der Waals surface area contributed by atoms with Crippen LogP contribution < -0.4 is 10.2 Å². The van der Waals surface area contributed by atoms with E-state index in [2.05, 4.69) is 21.3 Å². The fourth-order valence-corrected chi connectivity index (χ4v) is 2.87. The van der Waals surface area contributed by atoms with E-state index in [1.165, 1.54) is 12.8 Å². The summed E-state index contributed by atoms with van der Waals surface area (Å²) in [7, 11) is 0. The molecule has 2 atom stereocenters. The number of hydrogen-bond acceptors (Lipinski definition) is 4. The van der Waals surface area contributed by atoms with Gasteiger partial charge in [-0.05, 0) is 18.9 Å². The lowest BCUT2D eigenvalue weighted by Crippen LogP contribution is -2.52. The number of anilines is 1. The molecule has 4 nitrogen and oxygen atoms in total. The lowest BCUT2D eigenvalue weighted by atomic mass is 10.1. The SMILES string of the molecule is N#Cc1cnccc1N1C2CCC1CNC2. The first-order valence-corrected chi connectivity index (χ1v) is 5.73. The summed E-state index contributed by atoms with van der Waals surface area (Å²) in [6, 6.07) is 5.30. The van der Waals surface area contributed by atoms with E-state index in [1.54, 1.807) is 12.4 Å². The Morgan fingerprint density at radius 2 is 2.12 bits per heavy atom. The van der Waals surface area contributed by atoms with Gasteiger partial charge in [-0.15, -0.1) is 0 Å². The van der Waals surface area contributed by atoms with Gasteiger partial charge in [0.05, 0.1) is 11.3 Å². The number of rotatable bonds is 1. The molecule has 0 aromatic carbocycles. The van der Waals surface area contributed by atoms with Crippen LogP contribution in [0, 0.1) is 11.3 Å². The Morgan fingerprint density at radius 3 is 2.81 bits per heavy atom. The average molecular weight is 214 g/mol. The molecule has 0 saturated carbocycles. The van der Waals surface area contributed by atoms with Crippen LogP contribution in [0.1, 0.15) is 18.4 Å². The van der Waals surface area contributed by atoms with Crippen molar-refractivity contribution in [2.45, 2.75) is 24.9 Å². The molecule has 16 heavy (non-hydrogen) atoms. The van der Waals surface area contributed by atoms with Gasteiger partial charge in [-0.2, -0.15) is 5.26 Å². The zero-order valence-corrected chi connectivity index (χ0v) is 9.06. The van der Waals surface area contributed by atoms with Crippen molar-refractivity contribution in [2.24, 2.45) is 0 Å². The van der Waals surface area contributed by atoms with E-state index in [1.807, 2.05) is 6.07 Å². The standard InChI is InChI=1S/C12H14N4/c13-5-9-6-14-4-3-12(9)16-10-1-2-11(16)8-15-7-10/h3-4,6,10-11,15H,1-2,7-8H2. The molecule has 2 fully saturated rings. The number of hydrogen-bond donors (Lipinski definition) is 1. The minimum atomic E-state index is 0.549. The van der Waals surface area contributed by atoms with Crippen LogP contribution in [0.2, 0.25) is 0 Å². The van der Waals surface area contributed by atoms with E-state index in [9.17, 15) is 0 Å². The average Bonchev–Trinajstić information content (AvgIpc) is 2.58. The van der Waals surface area contributed by atoms with Crippen LogP contribution in [0.4, 0.5) is 5.69 Å². The summed E-state index contributed by atoms with van der Waals surface area (Å²) >= 11 is 0. The first-order chi connectivity index (χ1) is 7.90. The molecule has 1 aromatic heterocycles. The molecule has 0 aliphatic carbocycles. The monoisotopic (exact) mass is 214 g/mol. The predicted molar refractivity (Wildman–Crippen MR) is 61.1 cm³/mol. The van der Waals surface area contributed by atoms with Gasteiger partial charge in [0.1, 0.15) is 6.07 Å². The number of nitrogens with one attached hydrogen (secondary N) is 1. The second kappa shape index (κ2) is 3.76. The molecule has 0 spiro atoms. The molecule has 4 heteroatoms. The maximum atomic E-state index is 9.11. The zero-order valence-electron chi connectivity index (χ0n) is 9.06. The highest BCUT2D eigenvalue weighted by molar-refractivity contribution is 5.60. The molecule has 82 valence electrons. The first kappa shape index (κ1) is 9.61. The van der Waals surface area contributed by atoms with Gasteiger partial charge in [0.15, 0.2) is 0 Å². The van der Waals surface area contributed by atoms with Crippen LogP contribution in [0.5, 0.6) is 0 Å². The van der Waals surface area contributed by atoms with Crippen molar-refractivity contribution >= 4 is 5.69 Å². The lowest BCUT2D eigenvalue weighted by Gasteiger charge is -2.37. The van der Waals surface area contributed by atoms with E-state index in [0.29, 0.717) is 17.6 Å². The Balaban J connectivity index is 2.01. The Bertz CT molecular complexity index is 421. The Kier molecular flexibility index (Phi) is 2.26. The minimum Gasteiger partial charge on any atom is -0.362 e. The third kappa shape index (κ3) is 1.36. The predicted octanol–water partition coefficient (Wildman–Crippen LogP) is 0.894. The normalized spacial score (nSPS) is 27.8. The van der Waals surface area contributed by atoms with Crippen molar-refractivity contribution < 1.29 is 0 Å². The molecule has 3 heterocycles. The number of nitrogens with zero attached hydrogens (tertiary/aromatic N) is 3. The van der Waals surface area contributed by atoms with Crippen LogP contribution in [0.25, 0.3) is 0 Å². The molecule has 2 aliphatic rings. The van der Waals surface area contributed by atoms with E-state index in [4.69, 9.17) is 5.26 Å². The summed E-state index contributed by atoms with van der Waals surface area (Å²) in [6.07, 6.45) is 5.89. The number of aromatic nitrogens is 1. The third-order valence-electron chi connectivity index (χ3n) is 3.58. The molecule has 0 amide bonds. The van der Waals surface area contributed by atoms with Crippen molar-refractivity contribution in [3.63, 3.8) is 0 Å². The minimum absolute atomic E-state index is 0.549. The Hall–Kier alpha value is -1.60. The number of nitriles is 1. The van der Waals surface area contributed by atoms with Crippen LogP contribution in [-0.4, -0.2) is 30.2 Å². The van der Waals surface area contributed by atoms with Crippen molar-refractivity contribution in [2.75, 3.05) is 18.0 Å². The van der Waals surface area contributed by atoms with E-state index < -0.39 is 0 Å². The van der Waals surface area contributed by atoms with Crippen LogP contribution in [-0.2, 0) is 0 Å². The highest BCUT2D eigenvalue weighted by Gasteiger charge is 2.37. The van der Waals surface area contributed by atoms with Crippen molar-refractivity contribution in [1.82, 2.24) is 10.3 Å². The highest BCUT2D eigenvalue weighted by Crippen LogP contribution is 2.33. The van der Waals surface area contributed by atoms with Gasteiger partial charge >= 0.3 is 0 Å². The summed E-state index contributed by atoms with van der Waals surface area (Å²) in [6.45, 7) is 2.06. The Labute approximate surface area is 94.9 Å². The molecule has 2 saturated heterocycles. The summed E-state index contributed by atoms with van der Waals surface area (Å²) in [4.78, 5) is 6.43. The van der Waals surface area contributed by atoms with Gasteiger partial charge in [-0.3, -0.25) is 4.98 Å². The summed E-state index contributed by atoms with van der Waals surface area (Å²) in [5, 5.41) is 12.6. The van der Waals surface area contributed by atoms with Crippen molar-refractivity contribution in [3.05, 3.63) is 24.0 Å². The second-order valence-electron chi connectivity index (χ2n) is 4.46. The van der Waals surface area contributed by atoms with E-state index >= 15 is 0 Å². The molecule has 0 radical (unpaired) electrons. The summed E-state index contributed by atoms with van der Waals surface area (Å²) in [5.41, 5.74) is 1.76. The van der Waals surface area contributed by atoms with E-state index in [0.717, 1.165) is 18.8 Å². The molecule has 1 N–H and O–H groups in total. The summed E-state index contributed by atoms with van der Waals surface area (Å²) in [5.74, 6) is 0. The lowest BCUT2D eigenvalue weighted by molar-refractivity contribution is 0.484. The van der Waals surface area contributed by atoms with Crippen LogP contribution in [0.3, 0.4) is 0 Å². The molecular formula is C12H14N4. The van der Waals surface area contributed by atoms with E-state index in [-0.39, 0.29) is 0 Å². The third-order valence-corrected chi connectivity index (χ3v) is 3.58. The summed E-state index contributed by atoms with van der Waals surface area (Å²) < 4.78 is 0. The fraction of sp³-hybridized carbons (Fsp3) is 0.500. The number of piperazine rings is 1. The Morgan fingerprint density at radius 1 is 1.38 bits per heavy atom. The maximum absolute atomic E-state index is 9.11. The maximum Gasteiger partial charge on any atom is 0.103 e. The van der Waals surface area contributed by atoms with Gasteiger partial charge in [-0.1, -0.05) is 0 Å². The van der Waals surface area contributed by atoms with Gasteiger partial charge in [-0.25, -0.2) is 0 Å². The van der Waals surface area contributed by atoms with Gasteiger partial charge in [0.2, 0.25) is 0 Å². The molecule has 2 aliphatic heterocycles. The molecule has 3 rings (SSSR count). The first-order valence-electron chi connectivity index (χ1n) is 5.73. The number of pyridine rings is 1. The number of fused-ring (bicyclic) bond motifs is 2. The largest absolute Gasteiger partial charge is 0.362 e. The topological polar surface area (TPSA) is 52.0 Å². The van der Waals surface area contributed by atoms with Gasteiger partial charge in [0.25, 0.3) is 0 Å². The smallest absolute Gasteiger partial charge is 0.103 e.